The third-order valence-corrected chi connectivity index (χ3v) is 3.56. The Labute approximate surface area is 118 Å². The first-order valence-corrected chi connectivity index (χ1v) is 6.48. The second kappa shape index (κ2) is 5.71. The molecule has 0 aromatic heterocycles. The molecule has 0 bridgehead atoms. The van der Waals surface area contributed by atoms with E-state index in [2.05, 4.69) is 21.2 Å². The number of rotatable bonds is 4. The van der Waals surface area contributed by atoms with Gasteiger partial charge in [-0.05, 0) is 31.5 Å². The number of carboxylic acids is 1. The third kappa shape index (κ3) is 3.23. The van der Waals surface area contributed by atoms with Crippen molar-refractivity contribution in [3.05, 3.63) is 33.3 Å². The lowest BCUT2D eigenvalue weighted by Crippen LogP contribution is -2.51. The molecule has 0 heterocycles. The van der Waals surface area contributed by atoms with Gasteiger partial charge in [0.1, 0.15) is 5.54 Å². The predicted molar refractivity (Wildman–Crippen MR) is 73.0 cm³/mol. The molecule has 0 fully saturated rings. The van der Waals surface area contributed by atoms with E-state index in [1.54, 1.807) is 25.1 Å². The summed E-state index contributed by atoms with van der Waals surface area (Å²) >= 11 is 9.15. The zero-order chi connectivity index (χ0) is 13.9. The van der Waals surface area contributed by atoms with E-state index >= 15 is 0 Å². The monoisotopic (exact) mass is 333 g/mol. The van der Waals surface area contributed by atoms with Crippen LogP contribution in [0.15, 0.2) is 22.7 Å². The van der Waals surface area contributed by atoms with Crippen LogP contribution in [0, 0.1) is 0 Å². The minimum atomic E-state index is -1.30. The van der Waals surface area contributed by atoms with Gasteiger partial charge < -0.3 is 10.4 Å². The van der Waals surface area contributed by atoms with Crippen molar-refractivity contribution in [2.45, 2.75) is 25.8 Å². The van der Waals surface area contributed by atoms with E-state index in [4.69, 9.17) is 16.7 Å². The van der Waals surface area contributed by atoms with Crippen LogP contribution >= 0.6 is 27.5 Å². The SMILES string of the molecule is CCC(C)(NC(=O)c1cc(Br)ccc1Cl)C(=O)O. The van der Waals surface area contributed by atoms with Gasteiger partial charge >= 0.3 is 5.97 Å². The van der Waals surface area contributed by atoms with E-state index in [1.165, 1.54) is 6.92 Å². The molecule has 0 saturated carbocycles. The van der Waals surface area contributed by atoms with Gasteiger partial charge in [-0.3, -0.25) is 4.79 Å². The number of hydrogen-bond acceptors (Lipinski definition) is 2. The molecule has 1 aromatic carbocycles. The Hall–Kier alpha value is -1.07. The van der Waals surface area contributed by atoms with Gasteiger partial charge in [0.2, 0.25) is 0 Å². The van der Waals surface area contributed by atoms with Gasteiger partial charge in [-0.2, -0.15) is 0 Å². The van der Waals surface area contributed by atoms with Crippen LogP contribution in [0.3, 0.4) is 0 Å². The standard InChI is InChI=1S/C12H13BrClNO3/c1-3-12(2,11(17)18)15-10(16)8-6-7(13)4-5-9(8)14/h4-6H,3H2,1-2H3,(H,15,16)(H,17,18). The number of hydrogen-bond donors (Lipinski definition) is 2. The Morgan fingerprint density at radius 1 is 1.50 bits per heavy atom. The van der Waals surface area contributed by atoms with Crippen molar-refractivity contribution in [3.63, 3.8) is 0 Å². The summed E-state index contributed by atoms with van der Waals surface area (Å²) in [7, 11) is 0. The van der Waals surface area contributed by atoms with Gasteiger partial charge in [0.15, 0.2) is 0 Å². The van der Waals surface area contributed by atoms with Crippen LogP contribution < -0.4 is 5.32 Å². The molecule has 0 radical (unpaired) electrons. The number of nitrogens with one attached hydrogen (secondary N) is 1. The van der Waals surface area contributed by atoms with Crippen molar-refractivity contribution in [3.8, 4) is 0 Å². The maximum atomic E-state index is 12.0. The van der Waals surface area contributed by atoms with E-state index in [9.17, 15) is 9.59 Å². The van der Waals surface area contributed by atoms with Crippen molar-refractivity contribution < 1.29 is 14.7 Å². The molecule has 1 unspecified atom stereocenters. The molecule has 98 valence electrons. The van der Waals surface area contributed by atoms with Gasteiger partial charge in [0, 0.05) is 4.47 Å². The van der Waals surface area contributed by atoms with Crippen LogP contribution in [-0.4, -0.2) is 22.5 Å². The Morgan fingerprint density at radius 2 is 2.11 bits per heavy atom. The number of halogens is 2. The first-order chi connectivity index (χ1) is 8.30. The summed E-state index contributed by atoms with van der Waals surface area (Å²) in [4.78, 5) is 23.1. The highest BCUT2D eigenvalue weighted by atomic mass is 79.9. The van der Waals surface area contributed by atoms with Crippen molar-refractivity contribution in [1.29, 1.82) is 0 Å². The Bertz CT molecular complexity index is 492. The summed E-state index contributed by atoms with van der Waals surface area (Å²) in [5.41, 5.74) is -1.06. The molecule has 4 nitrogen and oxygen atoms in total. The number of carboxylic acid groups (broad SMARTS) is 1. The van der Waals surface area contributed by atoms with Crippen LogP contribution in [0.1, 0.15) is 30.6 Å². The van der Waals surface area contributed by atoms with Crippen LogP contribution in [0.4, 0.5) is 0 Å². The maximum absolute atomic E-state index is 12.0. The van der Waals surface area contributed by atoms with Gasteiger partial charge in [0.25, 0.3) is 5.91 Å². The number of aliphatic carboxylic acids is 1. The van der Waals surface area contributed by atoms with E-state index in [-0.39, 0.29) is 17.0 Å². The topological polar surface area (TPSA) is 66.4 Å². The van der Waals surface area contributed by atoms with Crippen molar-refractivity contribution in [1.82, 2.24) is 5.32 Å². The van der Waals surface area contributed by atoms with Crippen molar-refractivity contribution >= 4 is 39.4 Å². The lowest BCUT2D eigenvalue weighted by atomic mass is 9.98. The zero-order valence-corrected chi connectivity index (χ0v) is 12.3. The minimum Gasteiger partial charge on any atom is -0.480 e. The second-order valence-electron chi connectivity index (χ2n) is 4.07. The van der Waals surface area contributed by atoms with Crippen molar-refractivity contribution in [2.75, 3.05) is 0 Å². The Morgan fingerprint density at radius 3 is 2.61 bits per heavy atom. The van der Waals surface area contributed by atoms with Gasteiger partial charge in [-0.1, -0.05) is 34.5 Å². The molecule has 0 spiro atoms. The van der Waals surface area contributed by atoms with Crippen LogP contribution in [0.25, 0.3) is 0 Å². The van der Waals surface area contributed by atoms with Crippen molar-refractivity contribution in [2.24, 2.45) is 0 Å². The zero-order valence-electron chi connectivity index (χ0n) is 9.96. The Kier molecular flexibility index (Phi) is 4.76. The summed E-state index contributed by atoms with van der Waals surface area (Å²) in [6.07, 6.45) is 0.277. The lowest BCUT2D eigenvalue weighted by molar-refractivity contribution is -0.143. The average Bonchev–Trinajstić information content (AvgIpc) is 2.31. The molecule has 0 aliphatic carbocycles. The highest BCUT2D eigenvalue weighted by Gasteiger charge is 2.33. The average molecular weight is 335 g/mol. The minimum absolute atomic E-state index is 0.243. The van der Waals surface area contributed by atoms with E-state index in [0.717, 1.165) is 0 Å². The summed E-state index contributed by atoms with van der Waals surface area (Å²) < 4.78 is 0.700. The molecule has 0 saturated heterocycles. The molecule has 0 aliphatic rings. The van der Waals surface area contributed by atoms with Gasteiger partial charge in [-0.15, -0.1) is 0 Å². The molecule has 1 amide bonds. The number of benzene rings is 1. The molecule has 0 aliphatic heterocycles. The molecular formula is C12H13BrClNO3. The lowest BCUT2D eigenvalue weighted by Gasteiger charge is -2.24. The first kappa shape index (κ1) is 15.0. The molecular weight excluding hydrogens is 321 g/mol. The number of carbonyl (C=O) groups excluding carboxylic acids is 1. The molecule has 1 atom stereocenters. The van der Waals surface area contributed by atoms with E-state index in [1.807, 2.05) is 0 Å². The summed E-state index contributed by atoms with van der Waals surface area (Å²) in [5, 5.41) is 11.9. The smallest absolute Gasteiger partial charge is 0.329 e. The predicted octanol–water partition coefficient (Wildman–Crippen LogP) is 3.09. The Balaban J connectivity index is 3.02. The van der Waals surface area contributed by atoms with E-state index in [0.29, 0.717) is 4.47 Å². The van der Waals surface area contributed by atoms with Crippen LogP contribution in [-0.2, 0) is 4.79 Å². The highest BCUT2D eigenvalue weighted by molar-refractivity contribution is 9.10. The fourth-order valence-corrected chi connectivity index (χ4v) is 1.85. The molecule has 18 heavy (non-hydrogen) atoms. The van der Waals surface area contributed by atoms with Crippen LogP contribution in [0.5, 0.6) is 0 Å². The quantitative estimate of drug-likeness (QED) is 0.889. The fraction of sp³-hybridized carbons (Fsp3) is 0.333. The highest BCUT2D eigenvalue weighted by Crippen LogP contribution is 2.22. The molecule has 2 N–H and O–H groups in total. The van der Waals surface area contributed by atoms with Gasteiger partial charge in [-0.25, -0.2) is 4.79 Å². The van der Waals surface area contributed by atoms with E-state index < -0.39 is 17.4 Å². The summed E-state index contributed by atoms with van der Waals surface area (Å²) in [5.74, 6) is -1.59. The molecule has 1 rings (SSSR count). The first-order valence-electron chi connectivity index (χ1n) is 5.31. The molecule has 1 aromatic rings. The summed E-state index contributed by atoms with van der Waals surface area (Å²) in [6.45, 7) is 3.15. The van der Waals surface area contributed by atoms with Crippen LogP contribution in [0.2, 0.25) is 5.02 Å². The summed E-state index contributed by atoms with van der Waals surface area (Å²) in [6, 6.07) is 4.83. The maximum Gasteiger partial charge on any atom is 0.329 e. The molecule has 6 heteroatoms. The normalized spacial score (nSPS) is 13.8. The number of amides is 1. The second-order valence-corrected chi connectivity index (χ2v) is 5.39. The fourth-order valence-electron chi connectivity index (χ4n) is 1.28. The van der Waals surface area contributed by atoms with Gasteiger partial charge in [0.05, 0.1) is 10.6 Å². The largest absolute Gasteiger partial charge is 0.480 e. The third-order valence-electron chi connectivity index (χ3n) is 2.74. The number of carbonyl (C=O) groups is 2.